The van der Waals surface area contributed by atoms with Gasteiger partial charge in [0.25, 0.3) is 5.91 Å². The highest BCUT2D eigenvalue weighted by atomic mass is 16.3. The molecule has 1 amide bonds. The van der Waals surface area contributed by atoms with Crippen LogP contribution in [0.5, 0.6) is 5.75 Å². The number of pyridine rings is 1. The highest BCUT2D eigenvalue weighted by Crippen LogP contribution is 2.43. The first kappa shape index (κ1) is 16.7. The summed E-state index contributed by atoms with van der Waals surface area (Å²) in [6.45, 7) is 0. The largest absolute Gasteiger partial charge is 0.505 e. The summed E-state index contributed by atoms with van der Waals surface area (Å²) in [5.41, 5.74) is 7.74. The van der Waals surface area contributed by atoms with Crippen molar-refractivity contribution in [1.29, 1.82) is 5.26 Å². The monoisotopic (exact) mass is 360 g/mol. The number of nitriles is 1. The summed E-state index contributed by atoms with van der Waals surface area (Å²) in [6, 6.07) is 11.0. The van der Waals surface area contributed by atoms with Crippen molar-refractivity contribution in [3.05, 3.63) is 59.5 Å². The van der Waals surface area contributed by atoms with E-state index in [2.05, 4.69) is 21.4 Å². The van der Waals surface area contributed by atoms with Crippen LogP contribution in [0, 0.1) is 17.2 Å². The number of nitrogens with zero attached hydrogens (tertiary/aromatic N) is 5. The molecular weight excluding hydrogens is 344 g/mol. The van der Waals surface area contributed by atoms with Crippen LogP contribution in [-0.2, 0) is 0 Å². The maximum Gasteiger partial charge on any atom is 0.271 e. The molecule has 0 aliphatic heterocycles. The number of primary amides is 1. The van der Waals surface area contributed by atoms with Crippen LogP contribution in [0.15, 0.2) is 42.7 Å². The molecule has 8 heteroatoms. The Morgan fingerprint density at radius 2 is 2.07 bits per heavy atom. The van der Waals surface area contributed by atoms with E-state index in [1.54, 1.807) is 23.0 Å². The van der Waals surface area contributed by atoms with Gasteiger partial charge >= 0.3 is 0 Å². The molecule has 1 saturated carbocycles. The third kappa shape index (κ3) is 3.22. The predicted molar refractivity (Wildman–Crippen MR) is 95.5 cm³/mol. The standard InChI is InChI=1S/C19H16N6O2/c20-8-11-1-3-12(4-2-11)18(13-5-6-13)25-10-15(23-24-25)14-7-16(26)17(19(21)27)22-9-14/h1-4,7,9-10,13,18,26H,5-6H2,(H2,21,27). The zero-order chi connectivity index (χ0) is 19.0. The number of rotatable bonds is 5. The molecule has 0 bridgehead atoms. The predicted octanol–water partition coefficient (Wildman–Crippen LogP) is 2.02. The van der Waals surface area contributed by atoms with Crippen LogP contribution in [0.25, 0.3) is 11.3 Å². The molecule has 0 saturated heterocycles. The lowest BCUT2D eigenvalue weighted by atomic mass is 10.0. The van der Waals surface area contributed by atoms with E-state index in [0.717, 1.165) is 18.4 Å². The van der Waals surface area contributed by atoms with Crippen LogP contribution < -0.4 is 5.73 Å². The van der Waals surface area contributed by atoms with E-state index >= 15 is 0 Å². The second-order valence-corrected chi connectivity index (χ2v) is 6.56. The molecule has 0 radical (unpaired) electrons. The summed E-state index contributed by atoms with van der Waals surface area (Å²) < 4.78 is 1.80. The van der Waals surface area contributed by atoms with Crippen LogP contribution in [-0.4, -0.2) is 31.0 Å². The molecule has 134 valence electrons. The van der Waals surface area contributed by atoms with Gasteiger partial charge in [-0.15, -0.1) is 5.10 Å². The fourth-order valence-corrected chi connectivity index (χ4v) is 3.14. The number of aromatic nitrogens is 4. The molecule has 3 N–H and O–H groups in total. The normalized spacial score (nSPS) is 14.5. The Hall–Kier alpha value is -3.73. The average Bonchev–Trinajstić information content (AvgIpc) is 3.38. The number of hydrogen-bond donors (Lipinski definition) is 2. The van der Waals surface area contributed by atoms with E-state index < -0.39 is 5.91 Å². The maximum atomic E-state index is 11.2. The van der Waals surface area contributed by atoms with Crippen molar-refractivity contribution in [3.8, 4) is 23.1 Å². The Kier molecular flexibility index (Phi) is 4.05. The van der Waals surface area contributed by atoms with Crippen molar-refractivity contribution in [2.24, 2.45) is 11.7 Å². The number of aromatic hydroxyl groups is 1. The van der Waals surface area contributed by atoms with Gasteiger partial charge < -0.3 is 10.8 Å². The molecule has 1 unspecified atom stereocenters. The zero-order valence-corrected chi connectivity index (χ0v) is 14.3. The topological polar surface area (TPSA) is 131 Å². The second-order valence-electron chi connectivity index (χ2n) is 6.56. The summed E-state index contributed by atoms with van der Waals surface area (Å²) in [7, 11) is 0. The lowest BCUT2D eigenvalue weighted by Gasteiger charge is -2.16. The van der Waals surface area contributed by atoms with E-state index in [-0.39, 0.29) is 17.5 Å². The molecule has 2 aromatic heterocycles. The van der Waals surface area contributed by atoms with Gasteiger partial charge in [-0.05, 0) is 42.5 Å². The number of amides is 1. The van der Waals surface area contributed by atoms with Gasteiger partial charge in [0.15, 0.2) is 5.69 Å². The minimum Gasteiger partial charge on any atom is -0.505 e. The number of benzene rings is 1. The highest BCUT2D eigenvalue weighted by Gasteiger charge is 2.34. The van der Waals surface area contributed by atoms with E-state index in [0.29, 0.717) is 22.7 Å². The molecule has 1 aliphatic rings. The smallest absolute Gasteiger partial charge is 0.271 e. The SMILES string of the molecule is N#Cc1ccc(C(C2CC2)n2cc(-c3cnc(C(N)=O)c(O)c3)nn2)cc1. The maximum absolute atomic E-state index is 11.2. The first-order valence-electron chi connectivity index (χ1n) is 8.48. The molecule has 27 heavy (non-hydrogen) atoms. The molecule has 1 fully saturated rings. The van der Waals surface area contributed by atoms with Crippen LogP contribution in [0.3, 0.4) is 0 Å². The van der Waals surface area contributed by atoms with Gasteiger partial charge in [-0.2, -0.15) is 5.26 Å². The number of carbonyl (C=O) groups excluding carboxylic acids is 1. The number of hydrogen-bond acceptors (Lipinski definition) is 6. The quantitative estimate of drug-likeness (QED) is 0.715. The molecule has 1 aromatic carbocycles. The van der Waals surface area contributed by atoms with Gasteiger partial charge in [0.2, 0.25) is 0 Å². The van der Waals surface area contributed by atoms with Crippen LogP contribution in [0.4, 0.5) is 0 Å². The Morgan fingerprint density at radius 1 is 1.33 bits per heavy atom. The van der Waals surface area contributed by atoms with E-state index in [9.17, 15) is 9.90 Å². The van der Waals surface area contributed by atoms with E-state index in [1.165, 1.54) is 12.3 Å². The Labute approximate surface area is 154 Å². The van der Waals surface area contributed by atoms with Crippen molar-refractivity contribution < 1.29 is 9.90 Å². The molecule has 8 nitrogen and oxygen atoms in total. The van der Waals surface area contributed by atoms with E-state index in [4.69, 9.17) is 11.0 Å². The van der Waals surface area contributed by atoms with E-state index in [1.807, 2.05) is 12.1 Å². The van der Waals surface area contributed by atoms with Gasteiger partial charge in [0.05, 0.1) is 23.9 Å². The van der Waals surface area contributed by atoms with Gasteiger partial charge in [-0.1, -0.05) is 17.3 Å². The lowest BCUT2D eigenvalue weighted by molar-refractivity contribution is 0.0993. The van der Waals surface area contributed by atoms with Crippen LogP contribution in [0.1, 0.15) is 40.5 Å². The summed E-state index contributed by atoms with van der Waals surface area (Å²) in [5.74, 6) is -0.617. The van der Waals surface area contributed by atoms with Gasteiger partial charge in [0, 0.05) is 11.8 Å². The number of nitrogens with two attached hydrogens (primary N) is 1. The van der Waals surface area contributed by atoms with Crippen LogP contribution >= 0.6 is 0 Å². The van der Waals surface area contributed by atoms with Crippen molar-refractivity contribution in [2.75, 3.05) is 0 Å². The third-order valence-corrected chi connectivity index (χ3v) is 4.64. The summed E-state index contributed by atoms with van der Waals surface area (Å²) in [4.78, 5) is 15.1. The van der Waals surface area contributed by atoms with Crippen molar-refractivity contribution in [1.82, 2.24) is 20.0 Å². The first-order chi connectivity index (χ1) is 13.1. The summed E-state index contributed by atoms with van der Waals surface area (Å²) in [5, 5.41) is 27.3. The molecule has 1 atom stereocenters. The fraction of sp³-hybridized carbons (Fsp3) is 0.211. The highest BCUT2D eigenvalue weighted by molar-refractivity contribution is 5.93. The summed E-state index contributed by atoms with van der Waals surface area (Å²) in [6.07, 6.45) is 5.44. The Balaban J connectivity index is 1.66. The average molecular weight is 360 g/mol. The third-order valence-electron chi connectivity index (χ3n) is 4.64. The lowest BCUT2D eigenvalue weighted by Crippen LogP contribution is -2.13. The molecule has 4 rings (SSSR count). The molecular formula is C19H16N6O2. The molecule has 1 aliphatic carbocycles. The first-order valence-corrected chi connectivity index (χ1v) is 8.48. The Bertz CT molecular complexity index is 1050. The summed E-state index contributed by atoms with van der Waals surface area (Å²) >= 11 is 0. The Morgan fingerprint density at radius 3 is 2.67 bits per heavy atom. The van der Waals surface area contributed by atoms with Crippen molar-refractivity contribution in [3.63, 3.8) is 0 Å². The van der Waals surface area contributed by atoms with Crippen LogP contribution in [0.2, 0.25) is 0 Å². The minimum atomic E-state index is -0.794. The van der Waals surface area contributed by atoms with Crippen molar-refractivity contribution >= 4 is 5.91 Å². The molecule has 3 aromatic rings. The zero-order valence-electron chi connectivity index (χ0n) is 14.3. The van der Waals surface area contributed by atoms with Gasteiger partial charge in [-0.3, -0.25) is 4.79 Å². The molecule has 2 heterocycles. The second kappa shape index (κ2) is 6.53. The van der Waals surface area contributed by atoms with Crippen molar-refractivity contribution in [2.45, 2.75) is 18.9 Å². The van der Waals surface area contributed by atoms with Gasteiger partial charge in [0.1, 0.15) is 11.4 Å². The fourth-order valence-electron chi connectivity index (χ4n) is 3.14. The molecule has 0 spiro atoms. The minimum absolute atomic E-state index is 0.0328. The number of carbonyl (C=O) groups is 1. The van der Waals surface area contributed by atoms with Gasteiger partial charge in [-0.25, -0.2) is 9.67 Å².